The van der Waals surface area contributed by atoms with E-state index in [0.717, 1.165) is 27.2 Å². The van der Waals surface area contributed by atoms with E-state index >= 15 is 0 Å². The Morgan fingerprint density at radius 1 is 1.00 bits per heavy atom. The van der Waals surface area contributed by atoms with Crippen LogP contribution in [0.1, 0.15) is 0 Å². The molecule has 7 nitrogen and oxygen atoms in total. The second kappa shape index (κ2) is 5.32. The van der Waals surface area contributed by atoms with E-state index in [1.54, 1.807) is 12.1 Å². The van der Waals surface area contributed by atoms with Crippen molar-refractivity contribution in [3.05, 3.63) is 60.7 Å². The largest absolute Gasteiger partial charge is 0.513 e. The number of hydrogen-bond donors (Lipinski definition) is 1. The van der Waals surface area contributed by atoms with Gasteiger partial charge < -0.3 is 14.3 Å². The number of hydrogen-bond acceptors (Lipinski definition) is 5. The van der Waals surface area contributed by atoms with Gasteiger partial charge in [0.1, 0.15) is 16.6 Å². The molecule has 0 saturated heterocycles. The highest BCUT2D eigenvalue weighted by atomic mass is 16.7. The SMILES string of the molecule is O=C(O)Oc1cc2ccc(-n3nc4ccc5ccccc5c4n3)cc2o1. The maximum absolute atomic E-state index is 10.6. The Balaban J connectivity index is 1.64. The molecule has 5 aromatic rings. The lowest BCUT2D eigenvalue weighted by molar-refractivity contribution is 0.134. The minimum absolute atomic E-state index is 0.0748. The van der Waals surface area contributed by atoms with Gasteiger partial charge in [-0.15, -0.1) is 10.2 Å². The molecule has 26 heavy (non-hydrogen) atoms. The fraction of sp³-hybridized carbons (Fsp3) is 0. The molecule has 0 spiro atoms. The van der Waals surface area contributed by atoms with Crippen molar-refractivity contribution < 1.29 is 19.1 Å². The van der Waals surface area contributed by atoms with Gasteiger partial charge in [-0.05, 0) is 23.6 Å². The van der Waals surface area contributed by atoms with Crippen LogP contribution < -0.4 is 4.74 Å². The van der Waals surface area contributed by atoms with Gasteiger partial charge in [0, 0.05) is 22.9 Å². The first kappa shape index (κ1) is 14.5. The number of rotatable bonds is 2. The van der Waals surface area contributed by atoms with Crippen molar-refractivity contribution in [3.8, 4) is 11.6 Å². The van der Waals surface area contributed by atoms with Gasteiger partial charge in [0.15, 0.2) is 0 Å². The number of aromatic nitrogens is 3. The average Bonchev–Trinajstić information content (AvgIpc) is 3.23. The number of nitrogens with zero attached hydrogens (tertiary/aromatic N) is 3. The van der Waals surface area contributed by atoms with Crippen LogP contribution in [0.15, 0.2) is 65.1 Å². The monoisotopic (exact) mass is 345 g/mol. The van der Waals surface area contributed by atoms with Gasteiger partial charge in [0.25, 0.3) is 5.95 Å². The van der Waals surface area contributed by atoms with Crippen molar-refractivity contribution in [1.82, 2.24) is 15.0 Å². The molecule has 3 aromatic carbocycles. The van der Waals surface area contributed by atoms with E-state index in [2.05, 4.69) is 14.9 Å². The molecule has 0 saturated carbocycles. The number of carbonyl (C=O) groups is 1. The zero-order chi connectivity index (χ0) is 17.7. The van der Waals surface area contributed by atoms with E-state index in [1.165, 1.54) is 10.9 Å². The third-order valence-corrected chi connectivity index (χ3v) is 4.18. The molecule has 5 rings (SSSR count). The maximum Gasteiger partial charge on any atom is 0.513 e. The summed E-state index contributed by atoms with van der Waals surface area (Å²) < 4.78 is 9.97. The molecule has 0 atom stereocenters. The molecule has 0 unspecified atom stereocenters. The first-order valence-corrected chi connectivity index (χ1v) is 7.87. The van der Waals surface area contributed by atoms with Crippen molar-refractivity contribution in [2.24, 2.45) is 0 Å². The van der Waals surface area contributed by atoms with Crippen LogP contribution in [0, 0.1) is 0 Å². The Bertz CT molecular complexity index is 1300. The Morgan fingerprint density at radius 2 is 1.85 bits per heavy atom. The standard InChI is InChI=1S/C19H11N3O4/c23-19(24)26-17-9-12-5-7-13(10-16(12)25-17)22-20-15-8-6-11-3-1-2-4-14(11)18(15)21-22/h1-10H,(H,23,24). The zero-order valence-corrected chi connectivity index (χ0v) is 13.3. The van der Waals surface area contributed by atoms with E-state index < -0.39 is 6.16 Å². The second-order valence-corrected chi connectivity index (χ2v) is 5.80. The predicted molar refractivity (Wildman–Crippen MR) is 94.8 cm³/mol. The van der Waals surface area contributed by atoms with Crippen LogP contribution in [0.4, 0.5) is 4.79 Å². The first-order valence-electron chi connectivity index (χ1n) is 7.87. The molecule has 7 heteroatoms. The molecule has 1 N–H and O–H groups in total. The highest BCUT2D eigenvalue weighted by Crippen LogP contribution is 2.28. The lowest BCUT2D eigenvalue weighted by Gasteiger charge is -1.98. The van der Waals surface area contributed by atoms with Crippen molar-refractivity contribution in [1.29, 1.82) is 0 Å². The summed E-state index contributed by atoms with van der Waals surface area (Å²) in [5, 5.41) is 20.7. The quantitative estimate of drug-likeness (QED) is 0.478. The van der Waals surface area contributed by atoms with Crippen molar-refractivity contribution in [2.75, 3.05) is 0 Å². The number of ether oxygens (including phenoxy) is 1. The van der Waals surface area contributed by atoms with Crippen LogP contribution in [0.25, 0.3) is 38.5 Å². The van der Waals surface area contributed by atoms with E-state index in [9.17, 15) is 4.79 Å². The van der Waals surface area contributed by atoms with Crippen LogP contribution >= 0.6 is 0 Å². The van der Waals surface area contributed by atoms with Gasteiger partial charge in [-0.25, -0.2) is 4.79 Å². The molecule has 0 amide bonds. The number of furan rings is 1. The fourth-order valence-corrected chi connectivity index (χ4v) is 3.02. The smallest absolute Gasteiger partial charge is 0.449 e. The van der Waals surface area contributed by atoms with Gasteiger partial charge in [-0.1, -0.05) is 30.3 Å². The van der Waals surface area contributed by atoms with Crippen LogP contribution in [-0.2, 0) is 0 Å². The maximum atomic E-state index is 10.6. The molecule has 0 fully saturated rings. The number of fused-ring (bicyclic) bond motifs is 4. The van der Waals surface area contributed by atoms with Gasteiger partial charge in [0.2, 0.25) is 0 Å². The molecule has 2 aromatic heterocycles. The highest BCUT2D eigenvalue weighted by molar-refractivity contribution is 6.03. The molecule has 0 bridgehead atoms. The molecule has 126 valence electrons. The van der Waals surface area contributed by atoms with Gasteiger partial charge in [-0.3, -0.25) is 0 Å². The van der Waals surface area contributed by atoms with Crippen molar-refractivity contribution in [3.63, 3.8) is 0 Å². The third-order valence-electron chi connectivity index (χ3n) is 4.18. The molecular formula is C19H11N3O4. The summed E-state index contributed by atoms with van der Waals surface area (Å²) in [6, 6.07) is 18.9. The van der Waals surface area contributed by atoms with Gasteiger partial charge >= 0.3 is 6.16 Å². The Hall–Kier alpha value is -3.87. The van der Waals surface area contributed by atoms with Crippen LogP contribution in [0.5, 0.6) is 5.95 Å². The van der Waals surface area contributed by atoms with Crippen LogP contribution in [-0.4, -0.2) is 26.3 Å². The summed E-state index contributed by atoms with van der Waals surface area (Å²) in [6.45, 7) is 0. The Labute approximate surface area is 146 Å². The summed E-state index contributed by atoms with van der Waals surface area (Å²) in [4.78, 5) is 12.2. The van der Waals surface area contributed by atoms with Crippen molar-refractivity contribution in [2.45, 2.75) is 0 Å². The van der Waals surface area contributed by atoms with E-state index in [1.807, 2.05) is 42.5 Å². The zero-order valence-electron chi connectivity index (χ0n) is 13.3. The molecule has 0 aliphatic rings. The minimum Gasteiger partial charge on any atom is -0.449 e. The number of carboxylic acid groups (broad SMARTS) is 1. The minimum atomic E-state index is -1.42. The highest BCUT2D eigenvalue weighted by Gasteiger charge is 2.12. The molecule has 2 heterocycles. The molecule has 0 radical (unpaired) electrons. The van der Waals surface area contributed by atoms with E-state index in [0.29, 0.717) is 11.3 Å². The summed E-state index contributed by atoms with van der Waals surface area (Å²) in [7, 11) is 0. The third kappa shape index (κ3) is 2.26. The Morgan fingerprint density at radius 3 is 2.73 bits per heavy atom. The van der Waals surface area contributed by atoms with E-state index in [4.69, 9.17) is 9.52 Å². The first-order chi connectivity index (χ1) is 12.7. The molecular weight excluding hydrogens is 334 g/mol. The van der Waals surface area contributed by atoms with Crippen LogP contribution in [0.3, 0.4) is 0 Å². The summed E-state index contributed by atoms with van der Waals surface area (Å²) >= 11 is 0. The molecule has 0 aliphatic heterocycles. The molecule has 0 aliphatic carbocycles. The second-order valence-electron chi connectivity index (χ2n) is 5.80. The van der Waals surface area contributed by atoms with Gasteiger partial charge in [0.05, 0.1) is 5.69 Å². The summed E-state index contributed by atoms with van der Waals surface area (Å²) in [5.41, 5.74) is 2.80. The Kier molecular flexibility index (Phi) is 2.96. The lowest BCUT2D eigenvalue weighted by Crippen LogP contribution is -2.01. The van der Waals surface area contributed by atoms with Gasteiger partial charge in [-0.2, -0.15) is 4.80 Å². The predicted octanol–water partition coefficient (Wildman–Crippen LogP) is 4.38. The van der Waals surface area contributed by atoms with Crippen LogP contribution in [0.2, 0.25) is 0 Å². The summed E-state index contributed by atoms with van der Waals surface area (Å²) in [6.07, 6.45) is -1.42. The normalized spacial score (nSPS) is 11.4. The average molecular weight is 345 g/mol. The topological polar surface area (TPSA) is 90.4 Å². The number of benzene rings is 3. The van der Waals surface area contributed by atoms with Crippen molar-refractivity contribution >= 4 is 38.9 Å². The summed E-state index contributed by atoms with van der Waals surface area (Å²) in [5.74, 6) is -0.0748. The lowest BCUT2D eigenvalue weighted by atomic mass is 10.1. The fourth-order valence-electron chi connectivity index (χ4n) is 3.02. The van der Waals surface area contributed by atoms with E-state index in [-0.39, 0.29) is 5.95 Å².